The van der Waals surface area contributed by atoms with Crippen molar-refractivity contribution in [3.63, 3.8) is 0 Å². The molecule has 1 N–H and O–H groups in total. The lowest BCUT2D eigenvalue weighted by molar-refractivity contribution is 1.15. The lowest BCUT2D eigenvalue weighted by atomic mass is 10.3. The van der Waals surface area contributed by atoms with Crippen molar-refractivity contribution in [1.82, 2.24) is 15.0 Å². The minimum Gasteiger partial charge on any atom is -0.304 e. The summed E-state index contributed by atoms with van der Waals surface area (Å²) in [5.41, 5.74) is 1.83. The third-order valence-electron chi connectivity index (χ3n) is 2.45. The van der Waals surface area contributed by atoms with Gasteiger partial charge in [0.2, 0.25) is 0 Å². The largest absolute Gasteiger partial charge is 0.304 e. The summed E-state index contributed by atoms with van der Waals surface area (Å²) in [4.78, 5) is 24.3. The van der Waals surface area contributed by atoms with Crippen molar-refractivity contribution in [2.75, 3.05) is 0 Å². The summed E-state index contributed by atoms with van der Waals surface area (Å²) in [6, 6.07) is 0. The quantitative estimate of drug-likeness (QED) is 0.734. The monoisotopic (exact) mass is 263 g/mol. The van der Waals surface area contributed by atoms with Crippen LogP contribution in [-0.4, -0.2) is 15.0 Å². The molecule has 0 atom stereocenters. The number of nitrogens with one attached hydrogen (secondary N) is 1. The van der Waals surface area contributed by atoms with Gasteiger partial charge in [0.1, 0.15) is 4.83 Å². The second-order valence-corrected chi connectivity index (χ2v) is 5.52. The van der Waals surface area contributed by atoms with E-state index in [9.17, 15) is 4.79 Å². The molecule has 0 amide bonds. The topological polar surface area (TPSA) is 58.6 Å². The first kappa shape index (κ1) is 10.6. The third-order valence-corrected chi connectivity index (χ3v) is 4.41. The van der Waals surface area contributed by atoms with E-state index in [4.69, 9.17) is 0 Å². The van der Waals surface area contributed by atoms with Crippen molar-refractivity contribution in [1.29, 1.82) is 0 Å². The number of aromatic amines is 1. The number of hydrogen-bond acceptors (Lipinski definition) is 5. The first-order valence-electron chi connectivity index (χ1n) is 5.06. The van der Waals surface area contributed by atoms with Crippen LogP contribution in [0, 0.1) is 13.8 Å². The van der Waals surface area contributed by atoms with Crippen molar-refractivity contribution in [3.8, 4) is 10.8 Å². The van der Waals surface area contributed by atoms with Gasteiger partial charge < -0.3 is 4.98 Å². The molecule has 0 saturated carbocycles. The summed E-state index contributed by atoms with van der Waals surface area (Å²) in [6.45, 7) is 3.84. The molecule has 0 saturated heterocycles. The Morgan fingerprint density at radius 3 is 2.71 bits per heavy atom. The Morgan fingerprint density at radius 2 is 2.00 bits per heavy atom. The first-order chi connectivity index (χ1) is 8.15. The molecular weight excluding hydrogens is 254 g/mol. The summed E-state index contributed by atoms with van der Waals surface area (Å²) in [5, 5.41) is 5.34. The van der Waals surface area contributed by atoms with E-state index in [1.807, 2.05) is 24.6 Å². The fourth-order valence-corrected chi connectivity index (χ4v) is 3.31. The molecule has 3 heterocycles. The maximum atomic E-state index is 11.9. The standard InChI is InChI=1S/C11H9N3OS2/c1-5-3-16-10-7(5)9(15)13-8(14-10)11-12-6(2)4-17-11/h3-4H,1-2H3,(H,13,14,15). The summed E-state index contributed by atoms with van der Waals surface area (Å²) >= 11 is 2.98. The van der Waals surface area contributed by atoms with Crippen molar-refractivity contribution < 1.29 is 0 Å². The molecule has 0 fully saturated rings. The molecule has 3 rings (SSSR count). The normalized spacial score (nSPS) is 11.2. The van der Waals surface area contributed by atoms with Gasteiger partial charge in [-0.25, -0.2) is 9.97 Å². The van der Waals surface area contributed by atoms with Gasteiger partial charge in [-0.05, 0) is 24.8 Å². The van der Waals surface area contributed by atoms with Crippen LogP contribution in [0.25, 0.3) is 21.0 Å². The lowest BCUT2D eigenvalue weighted by Crippen LogP contribution is -2.08. The van der Waals surface area contributed by atoms with Gasteiger partial charge in [-0.1, -0.05) is 0 Å². The highest BCUT2D eigenvalue weighted by Crippen LogP contribution is 2.24. The van der Waals surface area contributed by atoms with E-state index in [1.54, 1.807) is 0 Å². The maximum absolute atomic E-state index is 11.9. The molecule has 3 aromatic heterocycles. The average molecular weight is 263 g/mol. The number of nitrogens with zero attached hydrogens (tertiary/aromatic N) is 2. The van der Waals surface area contributed by atoms with Crippen molar-refractivity contribution >= 4 is 32.9 Å². The van der Waals surface area contributed by atoms with Gasteiger partial charge in [-0.15, -0.1) is 22.7 Å². The number of aryl methyl sites for hydroxylation is 2. The first-order valence-corrected chi connectivity index (χ1v) is 6.81. The number of fused-ring (bicyclic) bond motifs is 1. The summed E-state index contributed by atoms with van der Waals surface area (Å²) < 4.78 is 0. The fraction of sp³-hybridized carbons (Fsp3) is 0.182. The molecule has 6 heteroatoms. The summed E-state index contributed by atoms with van der Waals surface area (Å²) in [6.07, 6.45) is 0. The second-order valence-electron chi connectivity index (χ2n) is 3.81. The minimum absolute atomic E-state index is 0.0865. The Balaban J connectivity index is 2.29. The van der Waals surface area contributed by atoms with E-state index in [0.29, 0.717) is 11.2 Å². The zero-order valence-electron chi connectivity index (χ0n) is 9.27. The van der Waals surface area contributed by atoms with Gasteiger partial charge in [-0.2, -0.15) is 0 Å². The van der Waals surface area contributed by atoms with Crippen molar-refractivity contribution in [3.05, 3.63) is 32.4 Å². The van der Waals surface area contributed by atoms with Gasteiger partial charge in [0.05, 0.1) is 5.39 Å². The average Bonchev–Trinajstić information content (AvgIpc) is 2.86. The molecule has 3 aromatic rings. The fourth-order valence-electron chi connectivity index (χ4n) is 1.65. The van der Waals surface area contributed by atoms with Gasteiger partial charge in [0, 0.05) is 11.1 Å². The molecule has 0 radical (unpaired) electrons. The van der Waals surface area contributed by atoms with Gasteiger partial charge >= 0.3 is 0 Å². The zero-order valence-corrected chi connectivity index (χ0v) is 10.9. The number of thiophene rings is 1. The maximum Gasteiger partial charge on any atom is 0.260 e. The van der Waals surface area contributed by atoms with E-state index >= 15 is 0 Å². The Kier molecular flexibility index (Phi) is 2.34. The molecule has 0 spiro atoms. The zero-order chi connectivity index (χ0) is 12.0. The van der Waals surface area contributed by atoms with Crippen LogP contribution in [0.3, 0.4) is 0 Å². The van der Waals surface area contributed by atoms with E-state index < -0.39 is 0 Å². The van der Waals surface area contributed by atoms with E-state index in [0.717, 1.165) is 21.1 Å². The number of hydrogen-bond donors (Lipinski definition) is 1. The predicted molar refractivity (Wildman–Crippen MR) is 70.8 cm³/mol. The van der Waals surface area contributed by atoms with Crippen LogP contribution >= 0.6 is 22.7 Å². The van der Waals surface area contributed by atoms with Crippen molar-refractivity contribution in [2.24, 2.45) is 0 Å². The highest BCUT2D eigenvalue weighted by molar-refractivity contribution is 7.17. The SMILES string of the molecule is Cc1csc(-c2nc3scc(C)c3c(=O)[nH]2)n1. The Hall–Kier alpha value is -1.53. The van der Waals surface area contributed by atoms with Gasteiger partial charge in [0.25, 0.3) is 5.56 Å². The lowest BCUT2D eigenvalue weighted by Gasteiger charge is -1.96. The van der Waals surface area contributed by atoms with E-state index in [2.05, 4.69) is 15.0 Å². The number of rotatable bonds is 1. The molecule has 4 nitrogen and oxygen atoms in total. The molecule has 86 valence electrons. The summed E-state index contributed by atoms with van der Waals surface area (Å²) in [5.74, 6) is 0.558. The molecule has 0 aromatic carbocycles. The molecule has 0 aliphatic rings. The highest BCUT2D eigenvalue weighted by atomic mass is 32.1. The van der Waals surface area contributed by atoms with Crippen LogP contribution in [0.5, 0.6) is 0 Å². The van der Waals surface area contributed by atoms with E-state index in [-0.39, 0.29) is 5.56 Å². The minimum atomic E-state index is -0.0865. The summed E-state index contributed by atoms with van der Waals surface area (Å²) in [7, 11) is 0. The van der Waals surface area contributed by atoms with E-state index in [1.165, 1.54) is 22.7 Å². The molecule has 17 heavy (non-hydrogen) atoms. The van der Waals surface area contributed by atoms with Crippen LogP contribution in [0.2, 0.25) is 0 Å². The van der Waals surface area contributed by atoms with Crippen LogP contribution in [0.15, 0.2) is 15.6 Å². The number of thiazole rings is 1. The van der Waals surface area contributed by atoms with Crippen LogP contribution in [-0.2, 0) is 0 Å². The van der Waals surface area contributed by atoms with Crippen LogP contribution in [0.1, 0.15) is 11.3 Å². The Bertz CT molecular complexity index is 754. The van der Waals surface area contributed by atoms with Crippen LogP contribution in [0.4, 0.5) is 0 Å². The van der Waals surface area contributed by atoms with Crippen molar-refractivity contribution in [2.45, 2.75) is 13.8 Å². The van der Waals surface area contributed by atoms with Gasteiger partial charge in [0.15, 0.2) is 10.8 Å². The smallest absolute Gasteiger partial charge is 0.260 e. The molecular formula is C11H9N3OS2. The number of H-pyrrole nitrogens is 1. The highest BCUT2D eigenvalue weighted by Gasteiger charge is 2.11. The number of aromatic nitrogens is 3. The Morgan fingerprint density at radius 1 is 1.18 bits per heavy atom. The molecule has 0 unspecified atom stereocenters. The molecule has 0 aliphatic carbocycles. The van der Waals surface area contributed by atoms with Gasteiger partial charge in [-0.3, -0.25) is 4.79 Å². The Labute approximate surface area is 105 Å². The molecule has 0 aliphatic heterocycles. The second kappa shape index (κ2) is 3.75. The molecule has 0 bridgehead atoms. The third kappa shape index (κ3) is 1.69. The predicted octanol–water partition coefficient (Wildman–Crippen LogP) is 2.72. The van der Waals surface area contributed by atoms with Crippen LogP contribution < -0.4 is 5.56 Å².